The Morgan fingerprint density at radius 3 is 2.95 bits per heavy atom. The van der Waals surface area contributed by atoms with Crippen LogP contribution in [0.3, 0.4) is 0 Å². The average molecular weight is 266 g/mol. The molecule has 4 atom stereocenters. The molecule has 2 fully saturated rings. The van der Waals surface area contributed by atoms with Crippen molar-refractivity contribution in [2.24, 2.45) is 11.8 Å². The highest BCUT2D eigenvalue weighted by atomic mass is 16.2. The van der Waals surface area contributed by atoms with E-state index in [-0.39, 0.29) is 0 Å². The van der Waals surface area contributed by atoms with Gasteiger partial charge in [-0.15, -0.1) is 0 Å². The normalized spacial score (nSPS) is 36.9. The summed E-state index contributed by atoms with van der Waals surface area (Å²) in [4.78, 5) is 17.1. The number of amides is 1. The maximum Gasteiger partial charge on any atom is 0.227 e. The summed E-state index contributed by atoms with van der Waals surface area (Å²) >= 11 is 0. The van der Waals surface area contributed by atoms with E-state index in [0.717, 1.165) is 12.1 Å². The zero-order valence-electron chi connectivity index (χ0n) is 11.6. The predicted molar refractivity (Wildman–Crippen MR) is 78.1 cm³/mol. The largest absolute Gasteiger partial charge is 0.377 e. The molecule has 0 N–H and O–H groups in total. The predicted octanol–water partition coefficient (Wildman–Crippen LogP) is 2.49. The van der Waals surface area contributed by atoms with Crippen molar-refractivity contribution in [1.82, 2.24) is 4.90 Å². The maximum atomic E-state index is 12.6. The van der Waals surface area contributed by atoms with Gasteiger partial charge in [0.2, 0.25) is 5.91 Å². The van der Waals surface area contributed by atoms with E-state index >= 15 is 0 Å². The monoisotopic (exact) mass is 266 g/mol. The molecule has 1 saturated carbocycles. The van der Waals surface area contributed by atoms with Crippen LogP contribution >= 0.6 is 0 Å². The van der Waals surface area contributed by atoms with E-state index in [1.165, 1.54) is 24.0 Å². The van der Waals surface area contributed by atoms with Crippen LogP contribution in [-0.2, 0) is 4.79 Å². The smallest absolute Gasteiger partial charge is 0.227 e. The molecule has 0 radical (unpaired) electrons. The highest BCUT2D eigenvalue weighted by Gasteiger charge is 2.56. The number of hydrogen-bond acceptors (Lipinski definition) is 2. The Morgan fingerprint density at radius 1 is 1.20 bits per heavy atom. The number of piperidine rings is 1. The van der Waals surface area contributed by atoms with E-state index in [9.17, 15) is 4.79 Å². The van der Waals surface area contributed by atoms with Crippen molar-refractivity contribution in [3.05, 3.63) is 36.0 Å². The molecule has 0 unspecified atom stereocenters. The van der Waals surface area contributed by atoms with Gasteiger partial charge in [0.25, 0.3) is 0 Å². The molecule has 1 amide bonds. The van der Waals surface area contributed by atoms with Gasteiger partial charge in [-0.25, -0.2) is 0 Å². The third-order valence-corrected chi connectivity index (χ3v) is 5.83. The van der Waals surface area contributed by atoms with Crippen LogP contribution in [0, 0.1) is 11.8 Å². The van der Waals surface area contributed by atoms with E-state index < -0.39 is 0 Å². The Balaban J connectivity index is 1.78. The summed E-state index contributed by atoms with van der Waals surface area (Å²) in [5.41, 5.74) is 3.76. The molecule has 3 nitrogen and oxygen atoms in total. The molecule has 3 aliphatic heterocycles. The molecule has 1 aliphatic carbocycles. The highest BCUT2D eigenvalue weighted by Crippen LogP contribution is 2.55. The summed E-state index contributed by atoms with van der Waals surface area (Å²) in [6.45, 7) is 0. The first kappa shape index (κ1) is 11.0. The van der Waals surface area contributed by atoms with Crippen LogP contribution in [0.2, 0.25) is 0 Å². The molecule has 0 spiro atoms. The maximum absolute atomic E-state index is 12.6. The molecule has 1 saturated heterocycles. The van der Waals surface area contributed by atoms with Crippen molar-refractivity contribution in [2.75, 3.05) is 11.9 Å². The second-order valence-corrected chi connectivity index (χ2v) is 6.66. The van der Waals surface area contributed by atoms with Crippen LogP contribution in [0.1, 0.15) is 24.8 Å². The van der Waals surface area contributed by atoms with Gasteiger partial charge in [-0.3, -0.25) is 4.79 Å². The molecular formula is C17H18N2O. The van der Waals surface area contributed by atoms with Gasteiger partial charge < -0.3 is 9.80 Å². The number of benzene rings is 1. The minimum absolute atomic E-state index is 0.308. The molecule has 5 rings (SSSR count). The third-order valence-electron chi connectivity index (χ3n) is 5.83. The van der Waals surface area contributed by atoms with Crippen molar-refractivity contribution in [3.8, 4) is 0 Å². The summed E-state index contributed by atoms with van der Waals surface area (Å²) in [6.07, 6.45) is 5.50. The van der Waals surface area contributed by atoms with Gasteiger partial charge in [-0.1, -0.05) is 18.2 Å². The average Bonchev–Trinajstić information content (AvgIpc) is 2.99. The fourth-order valence-electron chi connectivity index (χ4n) is 5.09. The third kappa shape index (κ3) is 1.11. The van der Waals surface area contributed by atoms with E-state index in [1.54, 1.807) is 0 Å². The van der Waals surface area contributed by atoms with Crippen molar-refractivity contribution in [3.63, 3.8) is 0 Å². The number of carbonyl (C=O) groups excluding carboxylic acids is 1. The topological polar surface area (TPSA) is 23.6 Å². The molecular weight excluding hydrogens is 248 g/mol. The van der Waals surface area contributed by atoms with E-state index in [1.807, 2.05) is 6.07 Å². The standard InChI is InChI=1S/C17H18N2O/c1-18-9-12-11-4-2-3-5-13(11)19-15(20)8-10-6-7-14(18)16(10)17(12)19/h2-5,9-10,14,16-17H,6-8H2,1H3/t10-,14-,16+,17+/m0/s1. The molecule has 102 valence electrons. The van der Waals surface area contributed by atoms with Crippen LogP contribution in [0.15, 0.2) is 30.5 Å². The first-order valence-electron chi connectivity index (χ1n) is 7.61. The van der Waals surface area contributed by atoms with Gasteiger partial charge in [-0.2, -0.15) is 0 Å². The van der Waals surface area contributed by atoms with Gasteiger partial charge in [0, 0.05) is 42.8 Å². The summed E-state index contributed by atoms with van der Waals surface area (Å²) in [5, 5.41) is 0. The summed E-state index contributed by atoms with van der Waals surface area (Å²) in [7, 11) is 2.21. The Hall–Kier alpha value is -1.77. The first-order chi connectivity index (χ1) is 9.75. The minimum atomic E-state index is 0.308. The fraction of sp³-hybridized carbons (Fsp3) is 0.471. The van der Waals surface area contributed by atoms with Crippen LogP contribution in [0.4, 0.5) is 5.69 Å². The molecule has 0 bridgehead atoms. The number of hydrogen-bond donors (Lipinski definition) is 0. The Labute approximate surface area is 118 Å². The lowest BCUT2D eigenvalue weighted by Crippen LogP contribution is -2.55. The quantitative estimate of drug-likeness (QED) is 0.720. The number of para-hydroxylation sites is 1. The lowest BCUT2D eigenvalue weighted by molar-refractivity contribution is -0.122. The zero-order valence-corrected chi connectivity index (χ0v) is 11.6. The lowest BCUT2D eigenvalue weighted by Gasteiger charge is -2.46. The Bertz CT molecular complexity index is 650. The number of rotatable bonds is 0. The number of fused-ring (bicyclic) bond motifs is 3. The number of anilines is 1. The van der Waals surface area contributed by atoms with Gasteiger partial charge in [0.15, 0.2) is 0 Å². The Morgan fingerprint density at radius 2 is 2.05 bits per heavy atom. The first-order valence-corrected chi connectivity index (χ1v) is 7.61. The van der Waals surface area contributed by atoms with E-state index in [2.05, 4.69) is 41.2 Å². The van der Waals surface area contributed by atoms with E-state index in [0.29, 0.717) is 29.8 Å². The molecule has 1 aromatic rings. The molecule has 0 aromatic heterocycles. The second kappa shape index (κ2) is 3.46. The summed E-state index contributed by atoms with van der Waals surface area (Å²) in [6, 6.07) is 9.34. The molecule has 20 heavy (non-hydrogen) atoms. The van der Waals surface area contributed by atoms with Gasteiger partial charge in [0.1, 0.15) is 0 Å². The minimum Gasteiger partial charge on any atom is -0.377 e. The van der Waals surface area contributed by atoms with Crippen molar-refractivity contribution in [1.29, 1.82) is 0 Å². The number of carbonyl (C=O) groups is 1. The van der Waals surface area contributed by atoms with Crippen LogP contribution in [0.5, 0.6) is 0 Å². The molecule has 3 heterocycles. The van der Waals surface area contributed by atoms with Crippen molar-refractivity contribution >= 4 is 17.2 Å². The molecule has 1 aromatic carbocycles. The lowest BCUT2D eigenvalue weighted by atomic mass is 9.76. The van der Waals surface area contributed by atoms with Gasteiger partial charge in [0.05, 0.1) is 11.7 Å². The zero-order chi connectivity index (χ0) is 13.4. The van der Waals surface area contributed by atoms with Crippen LogP contribution in [-0.4, -0.2) is 29.9 Å². The van der Waals surface area contributed by atoms with Crippen molar-refractivity contribution in [2.45, 2.75) is 31.3 Å². The van der Waals surface area contributed by atoms with E-state index in [4.69, 9.17) is 0 Å². The van der Waals surface area contributed by atoms with Crippen LogP contribution < -0.4 is 4.90 Å². The summed E-state index contributed by atoms with van der Waals surface area (Å²) < 4.78 is 0. The van der Waals surface area contributed by atoms with Crippen molar-refractivity contribution < 1.29 is 4.79 Å². The molecule has 3 heteroatoms. The second-order valence-electron chi connectivity index (χ2n) is 6.66. The highest BCUT2D eigenvalue weighted by molar-refractivity contribution is 6.06. The SMILES string of the molecule is CN1C=C2c3ccccc3N3C(=O)C[C@@H]4CC[C@H]1[C@@H]4[C@@H]23. The fourth-order valence-corrected chi connectivity index (χ4v) is 5.09. The van der Waals surface area contributed by atoms with Crippen LogP contribution in [0.25, 0.3) is 5.57 Å². The van der Waals surface area contributed by atoms with Gasteiger partial charge in [-0.05, 0) is 24.8 Å². The number of nitrogens with zero attached hydrogens (tertiary/aromatic N) is 2. The van der Waals surface area contributed by atoms with Gasteiger partial charge >= 0.3 is 0 Å². The Kier molecular flexibility index (Phi) is 1.89. The summed E-state index contributed by atoms with van der Waals surface area (Å²) in [5.74, 6) is 1.55. The molecule has 4 aliphatic rings.